The van der Waals surface area contributed by atoms with Crippen LogP contribution in [0.2, 0.25) is 0 Å². The highest BCUT2D eigenvalue weighted by molar-refractivity contribution is 5.67. The maximum Gasteiger partial charge on any atom is 0.130 e. The monoisotopic (exact) mass is 370 g/mol. The largest absolute Gasteiger partial charge is 0.496 e. The van der Waals surface area contributed by atoms with Crippen LogP contribution in [-0.4, -0.2) is 7.11 Å². The Morgan fingerprint density at radius 2 is 1.39 bits per heavy atom. The fraction of sp³-hybridized carbons (Fsp3) is 0.259. The summed E-state index contributed by atoms with van der Waals surface area (Å²) in [5.74, 6) is 1.01. The topological polar surface area (TPSA) is 9.23 Å². The van der Waals surface area contributed by atoms with Crippen LogP contribution >= 0.6 is 0 Å². The second-order valence-corrected chi connectivity index (χ2v) is 8.29. The molecule has 0 aliphatic rings. The van der Waals surface area contributed by atoms with Crippen LogP contribution in [0.3, 0.4) is 0 Å². The number of rotatable bonds is 5. The van der Waals surface area contributed by atoms with Gasteiger partial charge in [0.1, 0.15) is 5.75 Å². The van der Waals surface area contributed by atoms with Gasteiger partial charge in [-0.2, -0.15) is 0 Å². The lowest BCUT2D eigenvalue weighted by Crippen LogP contribution is -2.17. The van der Waals surface area contributed by atoms with E-state index >= 15 is 0 Å². The second kappa shape index (κ2) is 8.06. The molecule has 0 radical (unpaired) electrons. The van der Waals surface area contributed by atoms with Gasteiger partial charge in [0.05, 0.1) is 7.11 Å². The fourth-order valence-corrected chi connectivity index (χ4v) is 4.11. The van der Waals surface area contributed by atoms with Crippen molar-refractivity contribution in [2.75, 3.05) is 7.11 Å². The maximum atomic E-state index is 5.97. The van der Waals surface area contributed by atoms with Crippen molar-refractivity contribution in [2.24, 2.45) is 0 Å². The van der Waals surface area contributed by atoms with E-state index in [9.17, 15) is 0 Å². The Balaban J connectivity index is 2.38. The van der Waals surface area contributed by atoms with Gasteiger partial charge in [0, 0.05) is 17.0 Å². The third-order valence-electron chi connectivity index (χ3n) is 5.41. The highest BCUT2D eigenvalue weighted by atomic mass is 16.5. The SMILES string of the molecule is C=Cc1c(C)c(C(C)(C)C)cc(C(c2ccccc2)c2ccccc2)c1OC. The first-order valence-corrected chi connectivity index (χ1v) is 9.82. The highest BCUT2D eigenvalue weighted by Gasteiger charge is 2.27. The Kier molecular flexibility index (Phi) is 5.74. The van der Waals surface area contributed by atoms with Crippen molar-refractivity contribution in [3.63, 3.8) is 0 Å². The number of hydrogen-bond donors (Lipinski definition) is 0. The zero-order valence-electron chi connectivity index (χ0n) is 17.6. The van der Waals surface area contributed by atoms with E-state index in [0.717, 1.165) is 11.3 Å². The molecule has 0 N–H and O–H groups in total. The van der Waals surface area contributed by atoms with Crippen LogP contribution in [0.15, 0.2) is 73.3 Å². The molecule has 0 aromatic heterocycles. The van der Waals surface area contributed by atoms with Crippen molar-refractivity contribution in [2.45, 2.75) is 39.0 Å². The minimum absolute atomic E-state index is 0.0286. The van der Waals surface area contributed by atoms with Gasteiger partial charge in [-0.3, -0.25) is 0 Å². The lowest BCUT2D eigenvalue weighted by molar-refractivity contribution is 0.407. The predicted molar refractivity (Wildman–Crippen MR) is 120 cm³/mol. The Hall–Kier alpha value is -2.80. The lowest BCUT2D eigenvalue weighted by Gasteiger charge is -2.29. The molecule has 0 saturated carbocycles. The molecule has 0 fully saturated rings. The van der Waals surface area contributed by atoms with Gasteiger partial charge in [0.15, 0.2) is 0 Å². The third kappa shape index (κ3) is 3.75. The quantitative estimate of drug-likeness (QED) is 0.434. The van der Waals surface area contributed by atoms with Crippen molar-refractivity contribution >= 4 is 6.08 Å². The molecule has 0 amide bonds. The van der Waals surface area contributed by atoms with Crippen LogP contribution in [-0.2, 0) is 5.41 Å². The van der Waals surface area contributed by atoms with E-state index in [-0.39, 0.29) is 11.3 Å². The molecule has 0 atom stereocenters. The number of ether oxygens (including phenoxy) is 1. The molecule has 0 unspecified atom stereocenters. The molecule has 0 heterocycles. The van der Waals surface area contributed by atoms with Gasteiger partial charge in [0.2, 0.25) is 0 Å². The van der Waals surface area contributed by atoms with Gasteiger partial charge in [0.25, 0.3) is 0 Å². The van der Waals surface area contributed by atoms with Gasteiger partial charge < -0.3 is 4.74 Å². The zero-order valence-corrected chi connectivity index (χ0v) is 17.6. The van der Waals surface area contributed by atoms with E-state index in [1.54, 1.807) is 7.11 Å². The van der Waals surface area contributed by atoms with Crippen LogP contribution in [0.1, 0.15) is 60.1 Å². The molecule has 1 nitrogen and oxygen atoms in total. The molecular formula is C27H30O. The summed E-state index contributed by atoms with van der Waals surface area (Å²) in [5, 5.41) is 0. The summed E-state index contributed by atoms with van der Waals surface area (Å²) in [7, 11) is 1.76. The van der Waals surface area contributed by atoms with Gasteiger partial charge in [-0.25, -0.2) is 0 Å². The van der Waals surface area contributed by atoms with Crippen LogP contribution in [0.4, 0.5) is 0 Å². The van der Waals surface area contributed by atoms with Gasteiger partial charge >= 0.3 is 0 Å². The molecule has 0 aliphatic heterocycles. The summed E-state index contributed by atoms with van der Waals surface area (Å²) in [6, 6.07) is 23.7. The highest BCUT2D eigenvalue weighted by Crippen LogP contribution is 2.43. The van der Waals surface area contributed by atoms with Crippen molar-refractivity contribution in [1.29, 1.82) is 0 Å². The summed E-state index contributed by atoms with van der Waals surface area (Å²) in [6.07, 6.45) is 1.93. The molecule has 3 aromatic carbocycles. The molecule has 0 saturated heterocycles. The van der Waals surface area contributed by atoms with Crippen LogP contribution < -0.4 is 4.74 Å². The number of benzene rings is 3. The molecule has 28 heavy (non-hydrogen) atoms. The van der Waals surface area contributed by atoms with Gasteiger partial charge in [-0.05, 0) is 34.6 Å². The van der Waals surface area contributed by atoms with Gasteiger partial charge in [-0.15, -0.1) is 0 Å². The number of methoxy groups -OCH3 is 1. The molecule has 1 heteroatoms. The fourth-order valence-electron chi connectivity index (χ4n) is 4.11. The second-order valence-electron chi connectivity index (χ2n) is 8.29. The van der Waals surface area contributed by atoms with E-state index in [4.69, 9.17) is 4.74 Å². The minimum atomic E-state index is 0.0286. The summed E-state index contributed by atoms with van der Waals surface area (Å²) in [6.45, 7) is 13.0. The zero-order chi connectivity index (χ0) is 20.3. The van der Waals surface area contributed by atoms with Crippen LogP contribution in [0, 0.1) is 6.92 Å². The normalized spacial score (nSPS) is 11.5. The van der Waals surface area contributed by atoms with E-state index in [0.29, 0.717) is 0 Å². The van der Waals surface area contributed by atoms with E-state index < -0.39 is 0 Å². The van der Waals surface area contributed by atoms with E-state index in [1.165, 1.54) is 27.8 Å². The van der Waals surface area contributed by atoms with E-state index in [2.05, 4.69) is 101 Å². The van der Waals surface area contributed by atoms with Crippen molar-refractivity contribution in [1.82, 2.24) is 0 Å². The Bertz CT molecular complexity index is 908. The average Bonchev–Trinajstić information content (AvgIpc) is 2.69. The first-order valence-electron chi connectivity index (χ1n) is 9.82. The predicted octanol–water partition coefficient (Wildman–Crippen LogP) is 7.12. The van der Waals surface area contributed by atoms with Crippen LogP contribution in [0.25, 0.3) is 6.08 Å². The Morgan fingerprint density at radius 3 is 1.79 bits per heavy atom. The smallest absolute Gasteiger partial charge is 0.130 e. The molecule has 3 aromatic rings. The molecule has 0 bridgehead atoms. The van der Waals surface area contributed by atoms with Crippen molar-refractivity contribution in [3.8, 4) is 5.75 Å². The molecule has 0 spiro atoms. The summed E-state index contributed by atoms with van der Waals surface area (Å²) in [4.78, 5) is 0. The summed E-state index contributed by atoms with van der Waals surface area (Å²) < 4.78 is 5.97. The molecule has 0 aliphatic carbocycles. The Labute approximate surface area is 169 Å². The lowest BCUT2D eigenvalue weighted by atomic mass is 9.76. The Morgan fingerprint density at radius 1 is 0.893 bits per heavy atom. The number of hydrogen-bond acceptors (Lipinski definition) is 1. The molecular weight excluding hydrogens is 340 g/mol. The standard InChI is InChI=1S/C27H30O/c1-7-22-19(2)24(27(3,4)5)18-23(26(22)28-6)25(20-14-10-8-11-15-20)21-16-12-9-13-17-21/h7-18,25H,1H2,2-6H3. The minimum Gasteiger partial charge on any atom is -0.496 e. The van der Waals surface area contributed by atoms with Crippen molar-refractivity contribution in [3.05, 3.63) is 107 Å². The van der Waals surface area contributed by atoms with Crippen LogP contribution in [0.5, 0.6) is 5.75 Å². The molecule has 144 valence electrons. The third-order valence-corrected chi connectivity index (χ3v) is 5.41. The van der Waals surface area contributed by atoms with Gasteiger partial charge in [-0.1, -0.05) is 100 Å². The van der Waals surface area contributed by atoms with Crippen molar-refractivity contribution < 1.29 is 4.74 Å². The maximum absolute atomic E-state index is 5.97. The van der Waals surface area contributed by atoms with E-state index in [1.807, 2.05) is 6.08 Å². The first kappa shape index (κ1) is 19.9. The summed E-state index contributed by atoms with van der Waals surface area (Å²) >= 11 is 0. The molecule has 3 rings (SSSR count). The first-order chi connectivity index (χ1) is 13.4. The average molecular weight is 371 g/mol. The summed E-state index contributed by atoms with van der Waals surface area (Å²) in [5.41, 5.74) is 7.38.